The van der Waals surface area contributed by atoms with E-state index in [-0.39, 0.29) is 0 Å². The van der Waals surface area contributed by atoms with Crippen molar-refractivity contribution >= 4 is 5.69 Å². The molecule has 25 heavy (non-hydrogen) atoms. The molecule has 0 atom stereocenters. The van der Waals surface area contributed by atoms with Gasteiger partial charge in [0.05, 0.1) is 0 Å². The molecular formula is C21H30N4. The second-order valence-corrected chi connectivity index (χ2v) is 6.58. The largest absolute Gasteiger partial charge is 0.369 e. The quantitative estimate of drug-likeness (QED) is 0.898. The minimum absolute atomic E-state index is 1.10. The normalized spacial score (nSPS) is 18.3. The summed E-state index contributed by atoms with van der Waals surface area (Å²) in [6, 6.07) is 21.3. The van der Waals surface area contributed by atoms with Crippen molar-refractivity contribution in [3.05, 3.63) is 66.2 Å². The molecule has 2 saturated heterocycles. The third-order valence-corrected chi connectivity index (χ3v) is 4.70. The van der Waals surface area contributed by atoms with Crippen molar-refractivity contribution in [2.24, 2.45) is 0 Å². The average Bonchev–Trinajstić information content (AvgIpc) is 2.71. The molecule has 0 saturated carbocycles. The predicted molar refractivity (Wildman–Crippen MR) is 106 cm³/mol. The third-order valence-electron chi connectivity index (χ3n) is 4.70. The van der Waals surface area contributed by atoms with Crippen LogP contribution in [0.4, 0.5) is 5.69 Å². The summed E-state index contributed by atoms with van der Waals surface area (Å²) in [5, 5.41) is 6.70. The highest BCUT2D eigenvalue weighted by Gasteiger charge is 2.09. The summed E-state index contributed by atoms with van der Waals surface area (Å²) >= 11 is 0. The van der Waals surface area contributed by atoms with Crippen LogP contribution in [0.5, 0.6) is 0 Å². The Morgan fingerprint density at radius 2 is 1.16 bits per heavy atom. The van der Waals surface area contributed by atoms with Gasteiger partial charge >= 0.3 is 0 Å². The van der Waals surface area contributed by atoms with Gasteiger partial charge in [-0.15, -0.1) is 0 Å². The van der Waals surface area contributed by atoms with E-state index >= 15 is 0 Å². The van der Waals surface area contributed by atoms with Gasteiger partial charge in [0, 0.05) is 64.6 Å². The topological polar surface area (TPSA) is 30.5 Å². The van der Waals surface area contributed by atoms with Gasteiger partial charge in [-0.25, -0.2) is 0 Å². The van der Waals surface area contributed by atoms with Crippen LogP contribution in [-0.2, 0) is 6.54 Å². The molecule has 4 nitrogen and oxygen atoms in total. The lowest BCUT2D eigenvalue weighted by Gasteiger charge is -2.29. The number of para-hydroxylation sites is 1. The Labute approximate surface area is 151 Å². The van der Waals surface area contributed by atoms with Gasteiger partial charge in [0.2, 0.25) is 0 Å². The van der Waals surface area contributed by atoms with Crippen LogP contribution in [0.1, 0.15) is 5.56 Å². The van der Waals surface area contributed by atoms with E-state index in [1.54, 1.807) is 0 Å². The molecule has 0 spiro atoms. The van der Waals surface area contributed by atoms with Crippen LogP contribution in [0.2, 0.25) is 0 Å². The highest BCUT2D eigenvalue weighted by atomic mass is 15.2. The summed E-state index contributed by atoms with van der Waals surface area (Å²) in [6.07, 6.45) is 0. The fraction of sp³-hybridized carbons (Fsp3) is 0.429. The summed E-state index contributed by atoms with van der Waals surface area (Å²) in [5.41, 5.74) is 2.77. The number of piperazine rings is 2. The molecule has 2 heterocycles. The lowest BCUT2D eigenvalue weighted by molar-refractivity contribution is 0.233. The molecule has 4 rings (SSSR count). The zero-order valence-electron chi connectivity index (χ0n) is 15.0. The summed E-state index contributed by atoms with van der Waals surface area (Å²) < 4.78 is 0. The Kier molecular flexibility index (Phi) is 7.31. The van der Waals surface area contributed by atoms with Crippen LogP contribution >= 0.6 is 0 Å². The van der Waals surface area contributed by atoms with Crippen LogP contribution in [0.15, 0.2) is 60.7 Å². The van der Waals surface area contributed by atoms with E-state index in [1.165, 1.54) is 24.3 Å². The Morgan fingerprint density at radius 3 is 1.76 bits per heavy atom. The second-order valence-electron chi connectivity index (χ2n) is 6.58. The number of benzene rings is 2. The number of anilines is 1. The summed E-state index contributed by atoms with van der Waals surface area (Å²) in [6.45, 7) is 10.2. The van der Waals surface area contributed by atoms with Crippen molar-refractivity contribution in [1.82, 2.24) is 15.5 Å². The molecule has 2 aliphatic heterocycles. The Bertz CT molecular complexity index is 575. The smallest absolute Gasteiger partial charge is 0.0367 e. The highest BCUT2D eigenvalue weighted by molar-refractivity contribution is 5.46. The Hall–Kier alpha value is -1.88. The van der Waals surface area contributed by atoms with Crippen molar-refractivity contribution in [3.8, 4) is 0 Å². The van der Waals surface area contributed by atoms with Crippen molar-refractivity contribution in [3.63, 3.8) is 0 Å². The molecule has 2 aromatic carbocycles. The molecule has 0 unspecified atom stereocenters. The summed E-state index contributed by atoms with van der Waals surface area (Å²) in [4.78, 5) is 4.91. The first kappa shape index (κ1) is 17.9. The van der Waals surface area contributed by atoms with Crippen LogP contribution < -0.4 is 15.5 Å². The van der Waals surface area contributed by atoms with E-state index in [0.717, 1.165) is 45.8 Å². The number of nitrogens with zero attached hydrogens (tertiary/aromatic N) is 2. The number of rotatable bonds is 3. The van der Waals surface area contributed by atoms with Crippen molar-refractivity contribution in [2.75, 3.05) is 57.3 Å². The van der Waals surface area contributed by atoms with E-state index in [1.807, 2.05) is 0 Å². The Morgan fingerprint density at radius 1 is 0.640 bits per heavy atom. The number of hydrogen-bond acceptors (Lipinski definition) is 4. The monoisotopic (exact) mass is 338 g/mol. The molecule has 2 N–H and O–H groups in total. The summed E-state index contributed by atoms with van der Waals surface area (Å²) in [7, 11) is 0. The van der Waals surface area contributed by atoms with Gasteiger partial charge in [-0.2, -0.15) is 0 Å². The fourth-order valence-electron chi connectivity index (χ4n) is 3.27. The van der Waals surface area contributed by atoms with Crippen molar-refractivity contribution in [1.29, 1.82) is 0 Å². The van der Waals surface area contributed by atoms with E-state index in [0.29, 0.717) is 0 Å². The van der Waals surface area contributed by atoms with E-state index in [4.69, 9.17) is 0 Å². The van der Waals surface area contributed by atoms with Crippen LogP contribution in [0, 0.1) is 0 Å². The first-order valence-electron chi connectivity index (χ1n) is 9.39. The number of hydrogen-bond donors (Lipinski definition) is 2. The Balaban J connectivity index is 0.000000146. The maximum absolute atomic E-state index is 3.36. The third kappa shape index (κ3) is 6.16. The van der Waals surface area contributed by atoms with Gasteiger partial charge in [0.25, 0.3) is 0 Å². The zero-order chi connectivity index (χ0) is 17.2. The molecule has 0 aromatic heterocycles. The fourth-order valence-corrected chi connectivity index (χ4v) is 3.27. The lowest BCUT2D eigenvalue weighted by atomic mass is 10.2. The molecule has 0 amide bonds. The van der Waals surface area contributed by atoms with E-state index in [9.17, 15) is 0 Å². The standard InChI is InChI=1S/C11H16N2.C10H14N2/c1-2-4-11(5-3-1)10-13-8-6-12-7-9-13;1-2-4-10(5-3-1)12-8-6-11-7-9-12/h1-5,12H,6-10H2;1-5,11H,6-9H2. The van der Waals surface area contributed by atoms with Gasteiger partial charge in [-0.05, 0) is 17.7 Å². The maximum Gasteiger partial charge on any atom is 0.0367 e. The van der Waals surface area contributed by atoms with Gasteiger partial charge in [-0.3, -0.25) is 4.90 Å². The van der Waals surface area contributed by atoms with Gasteiger partial charge < -0.3 is 15.5 Å². The highest BCUT2D eigenvalue weighted by Crippen LogP contribution is 2.12. The predicted octanol–water partition coefficient (Wildman–Crippen LogP) is 2.19. The van der Waals surface area contributed by atoms with Gasteiger partial charge in [0.15, 0.2) is 0 Å². The van der Waals surface area contributed by atoms with E-state index in [2.05, 4.69) is 81.1 Å². The average molecular weight is 338 g/mol. The van der Waals surface area contributed by atoms with E-state index < -0.39 is 0 Å². The van der Waals surface area contributed by atoms with Crippen molar-refractivity contribution in [2.45, 2.75) is 6.54 Å². The first-order chi connectivity index (χ1) is 12.4. The molecule has 2 aromatic rings. The minimum atomic E-state index is 1.10. The lowest BCUT2D eigenvalue weighted by Crippen LogP contribution is -2.43. The maximum atomic E-state index is 3.36. The molecule has 0 radical (unpaired) electrons. The molecule has 2 aliphatic rings. The molecule has 134 valence electrons. The van der Waals surface area contributed by atoms with Gasteiger partial charge in [-0.1, -0.05) is 48.5 Å². The zero-order valence-corrected chi connectivity index (χ0v) is 15.0. The molecular weight excluding hydrogens is 308 g/mol. The molecule has 0 bridgehead atoms. The van der Waals surface area contributed by atoms with Crippen molar-refractivity contribution < 1.29 is 0 Å². The second kappa shape index (κ2) is 10.2. The SMILES string of the molecule is c1ccc(CN2CCNCC2)cc1.c1ccc(N2CCNCC2)cc1. The summed E-state index contributed by atoms with van der Waals surface area (Å²) in [5.74, 6) is 0. The van der Waals surface area contributed by atoms with Crippen LogP contribution in [0.25, 0.3) is 0 Å². The van der Waals surface area contributed by atoms with Crippen LogP contribution in [0.3, 0.4) is 0 Å². The first-order valence-corrected chi connectivity index (χ1v) is 9.39. The van der Waals surface area contributed by atoms with Gasteiger partial charge in [0.1, 0.15) is 0 Å². The number of nitrogens with one attached hydrogen (secondary N) is 2. The molecule has 0 aliphatic carbocycles. The molecule has 2 fully saturated rings. The van der Waals surface area contributed by atoms with Crippen LogP contribution in [-0.4, -0.2) is 57.3 Å². The molecule has 4 heteroatoms. The minimum Gasteiger partial charge on any atom is -0.369 e.